The molecule has 1 aromatic heterocycles. The predicted molar refractivity (Wildman–Crippen MR) is 76.1 cm³/mol. The molecule has 1 aromatic rings. The van der Waals surface area contributed by atoms with Crippen LogP contribution in [-0.2, 0) is 6.54 Å². The molecule has 1 atom stereocenters. The number of fused-ring (bicyclic) bond motifs is 1. The first-order chi connectivity index (χ1) is 9.35. The standard InChI is InChI=1S/C14H23N5/c1-15-14-9-16-12(8-17-14)10-18-6-7-19-5-3-2-4-13(19)11-18/h8-9,13H,2-7,10-11H2,1H3,(H,15,17). The van der Waals surface area contributed by atoms with Crippen molar-refractivity contribution in [3.8, 4) is 0 Å². The van der Waals surface area contributed by atoms with Gasteiger partial charge in [0.2, 0.25) is 0 Å². The second-order valence-corrected chi connectivity index (χ2v) is 5.56. The average molecular weight is 261 g/mol. The molecule has 0 amide bonds. The van der Waals surface area contributed by atoms with E-state index in [1.807, 2.05) is 19.4 Å². The predicted octanol–water partition coefficient (Wildman–Crippen LogP) is 1.19. The Morgan fingerprint density at radius 1 is 1.21 bits per heavy atom. The lowest BCUT2D eigenvalue weighted by Crippen LogP contribution is -2.54. The Bertz CT molecular complexity index is 405. The highest BCUT2D eigenvalue weighted by molar-refractivity contribution is 5.29. The van der Waals surface area contributed by atoms with E-state index >= 15 is 0 Å². The molecule has 2 saturated heterocycles. The Balaban J connectivity index is 1.57. The number of hydrogen-bond donors (Lipinski definition) is 1. The van der Waals surface area contributed by atoms with Crippen LogP contribution in [0.25, 0.3) is 0 Å². The molecule has 5 heteroatoms. The van der Waals surface area contributed by atoms with Crippen LogP contribution in [0, 0.1) is 0 Å². The summed E-state index contributed by atoms with van der Waals surface area (Å²) in [5.74, 6) is 0.834. The number of piperazine rings is 1. The van der Waals surface area contributed by atoms with Crippen LogP contribution < -0.4 is 5.32 Å². The molecule has 2 fully saturated rings. The zero-order valence-electron chi connectivity index (χ0n) is 11.7. The van der Waals surface area contributed by atoms with Gasteiger partial charge in [0, 0.05) is 39.3 Å². The molecule has 0 aromatic carbocycles. The van der Waals surface area contributed by atoms with Gasteiger partial charge in [0.25, 0.3) is 0 Å². The van der Waals surface area contributed by atoms with E-state index in [0.717, 1.165) is 30.6 Å². The van der Waals surface area contributed by atoms with Gasteiger partial charge in [-0.25, -0.2) is 4.98 Å². The van der Waals surface area contributed by atoms with Crippen molar-refractivity contribution < 1.29 is 0 Å². The number of rotatable bonds is 3. The molecule has 2 aliphatic heterocycles. The van der Waals surface area contributed by atoms with Gasteiger partial charge in [-0.2, -0.15) is 0 Å². The van der Waals surface area contributed by atoms with Crippen LogP contribution in [-0.4, -0.2) is 59.0 Å². The molecular formula is C14H23N5. The summed E-state index contributed by atoms with van der Waals surface area (Å²) < 4.78 is 0. The Morgan fingerprint density at radius 3 is 2.95 bits per heavy atom. The van der Waals surface area contributed by atoms with Gasteiger partial charge in [-0.3, -0.25) is 14.8 Å². The van der Waals surface area contributed by atoms with E-state index in [2.05, 4.69) is 25.1 Å². The molecule has 19 heavy (non-hydrogen) atoms. The van der Waals surface area contributed by atoms with E-state index in [1.54, 1.807) is 0 Å². The molecule has 5 nitrogen and oxygen atoms in total. The van der Waals surface area contributed by atoms with Gasteiger partial charge < -0.3 is 5.32 Å². The fourth-order valence-electron chi connectivity index (χ4n) is 3.16. The monoisotopic (exact) mass is 261 g/mol. The van der Waals surface area contributed by atoms with Gasteiger partial charge in [0.1, 0.15) is 5.82 Å². The summed E-state index contributed by atoms with van der Waals surface area (Å²) in [5.41, 5.74) is 1.07. The van der Waals surface area contributed by atoms with Crippen molar-refractivity contribution in [1.29, 1.82) is 0 Å². The number of nitrogens with zero attached hydrogens (tertiary/aromatic N) is 4. The molecule has 0 bridgehead atoms. The Labute approximate surface area is 115 Å². The minimum absolute atomic E-state index is 0.770. The highest BCUT2D eigenvalue weighted by Crippen LogP contribution is 2.21. The van der Waals surface area contributed by atoms with Crippen molar-refractivity contribution in [2.24, 2.45) is 0 Å². The van der Waals surface area contributed by atoms with Crippen molar-refractivity contribution in [2.75, 3.05) is 38.5 Å². The number of anilines is 1. The van der Waals surface area contributed by atoms with Crippen LogP contribution in [0.4, 0.5) is 5.82 Å². The summed E-state index contributed by atoms with van der Waals surface area (Å²) >= 11 is 0. The van der Waals surface area contributed by atoms with Crippen LogP contribution in [0.2, 0.25) is 0 Å². The number of nitrogens with one attached hydrogen (secondary N) is 1. The molecule has 1 N–H and O–H groups in total. The summed E-state index contributed by atoms with van der Waals surface area (Å²) in [4.78, 5) is 14.0. The number of piperidine rings is 1. The van der Waals surface area contributed by atoms with Gasteiger partial charge in [0.05, 0.1) is 18.1 Å². The average Bonchev–Trinajstić information content (AvgIpc) is 2.48. The normalized spacial score (nSPS) is 25.0. The van der Waals surface area contributed by atoms with Crippen LogP contribution in [0.3, 0.4) is 0 Å². The molecule has 0 spiro atoms. The van der Waals surface area contributed by atoms with Gasteiger partial charge in [-0.1, -0.05) is 6.42 Å². The minimum atomic E-state index is 0.770. The molecule has 0 saturated carbocycles. The molecule has 1 unspecified atom stereocenters. The van der Waals surface area contributed by atoms with Gasteiger partial charge in [-0.05, 0) is 19.4 Å². The third-order valence-corrected chi connectivity index (χ3v) is 4.27. The molecule has 104 valence electrons. The second-order valence-electron chi connectivity index (χ2n) is 5.56. The summed E-state index contributed by atoms with van der Waals surface area (Å²) in [7, 11) is 1.87. The third kappa shape index (κ3) is 3.04. The highest BCUT2D eigenvalue weighted by atomic mass is 15.3. The van der Waals surface area contributed by atoms with E-state index in [4.69, 9.17) is 0 Å². The Hall–Kier alpha value is -1.20. The fourth-order valence-corrected chi connectivity index (χ4v) is 3.16. The fraction of sp³-hybridized carbons (Fsp3) is 0.714. The van der Waals surface area contributed by atoms with Crippen molar-refractivity contribution in [2.45, 2.75) is 31.8 Å². The molecular weight excluding hydrogens is 238 g/mol. The summed E-state index contributed by atoms with van der Waals surface area (Å²) in [6, 6.07) is 0.770. The Morgan fingerprint density at radius 2 is 2.16 bits per heavy atom. The van der Waals surface area contributed by atoms with Gasteiger partial charge in [0.15, 0.2) is 0 Å². The van der Waals surface area contributed by atoms with Crippen molar-refractivity contribution in [3.05, 3.63) is 18.1 Å². The minimum Gasteiger partial charge on any atom is -0.372 e. The maximum atomic E-state index is 4.47. The van der Waals surface area contributed by atoms with E-state index < -0.39 is 0 Å². The first-order valence-electron chi connectivity index (χ1n) is 7.30. The van der Waals surface area contributed by atoms with E-state index in [9.17, 15) is 0 Å². The molecule has 0 aliphatic carbocycles. The quantitative estimate of drug-likeness (QED) is 0.885. The third-order valence-electron chi connectivity index (χ3n) is 4.27. The maximum Gasteiger partial charge on any atom is 0.144 e. The largest absolute Gasteiger partial charge is 0.372 e. The molecule has 3 rings (SSSR count). The first kappa shape index (κ1) is 12.8. The molecule has 2 aliphatic rings. The molecule has 0 radical (unpaired) electrons. The number of aromatic nitrogens is 2. The van der Waals surface area contributed by atoms with Crippen LogP contribution >= 0.6 is 0 Å². The lowest BCUT2D eigenvalue weighted by atomic mass is 9.99. The van der Waals surface area contributed by atoms with Crippen LogP contribution in [0.5, 0.6) is 0 Å². The van der Waals surface area contributed by atoms with Gasteiger partial charge in [-0.15, -0.1) is 0 Å². The first-order valence-corrected chi connectivity index (χ1v) is 7.30. The lowest BCUT2D eigenvalue weighted by Gasteiger charge is -2.43. The smallest absolute Gasteiger partial charge is 0.144 e. The zero-order chi connectivity index (χ0) is 13.1. The SMILES string of the molecule is CNc1cnc(CN2CCN3CCCCC3C2)cn1. The topological polar surface area (TPSA) is 44.3 Å². The van der Waals surface area contributed by atoms with Crippen molar-refractivity contribution in [3.63, 3.8) is 0 Å². The second kappa shape index (κ2) is 5.84. The van der Waals surface area contributed by atoms with E-state index in [-0.39, 0.29) is 0 Å². The van der Waals surface area contributed by atoms with Crippen molar-refractivity contribution in [1.82, 2.24) is 19.8 Å². The van der Waals surface area contributed by atoms with Gasteiger partial charge >= 0.3 is 0 Å². The van der Waals surface area contributed by atoms with E-state index in [1.165, 1.54) is 38.9 Å². The van der Waals surface area contributed by atoms with Crippen molar-refractivity contribution >= 4 is 5.82 Å². The lowest BCUT2D eigenvalue weighted by molar-refractivity contribution is 0.0451. The van der Waals surface area contributed by atoms with Crippen LogP contribution in [0.1, 0.15) is 25.0 Å². The molecule has 3 heterocycles. The van der Waals surface area contributed by atoms with Crippen LogP contribution in [0.15, 0.2) is 12.4 Å². The highest BCUT2D eigenvalue weighted by Gasteiger charge is 2.28. The Kier molecular flexibility index (Phi) is 3.94. The maximum absolute atomic E-state index is 4.47. The summed E-state index contributed by atoms with van der Waals surface area (Å²) in [6.45, 7) is 5.80. The summed E-state index contributed by atoms with van der Waals surface area (Å²) in [5, 5.41) is 3.00. The summed E-state index contributed by atoms with van der Waals surface area (Å²) in [6.07, 6.45) is 7.84. The zero-order valence-corrected chi connectivity index (χ0v) is 11.7. The van der Waals surface area contributed by atoms with E-state index in [0.29, 0.717) is 0 Å². The number of hydrogen-bond acceptors (Lipinski definition) is 5.